The monoisotopic (exact) mass is 309 g/mol. The van der Waals surface area contributed by atoms with Crippen LogP contribution in [0.2, 0.25) is 0 Å². The molecule has 0 radical (unpaired) electrons. The molecule has 0 saturated carbocycles. The predicted octanol–water partition coefficient (Wildman–Crippen LogP) is 1.99. The second kappa shape index (κ2) is 6.73. The number of aryl methyl sites for hydroxylation is 2. The first-order chi connectivity index (χ1) is 9.95. The summed E-state index contributed by atoms with van der Waals surface area (Å²) in [5.41, 5.74) is 3.53. The van der Waals surface area contributed by atoms with Crippen molar-refractivity contribution in [1.29, 1.82) is 0 Å². The lowest BCUT2D eigenvalue weighted by Gasteiger charge is -2.24. The van der Waals surface area contributed by atoms with Gasteiger partial charge < -0.3 is 10.6 Å². The molecule has 1 aliphatic heterocycles. The second-order valence-corrected chi connectivity index (χ2v) is 7.64. The normalized spacial score (nSPS) is 22.6. The Kier molecular flexibility index (Phi) is 5.19. The van der Waals surface area contributed by atoms with Crippen molar-refractivity contribution in [3.8, 4) is 0 Å². The first-order valence-corrected chi connectivity index (χ1v) is 8.51. The topological polar surface area (TPSA) is 54.2 Å². The zero-order valence-electron chi connectivity index (χ0n) is 13.8. The molecule has 21 heavy (non-hydrogen) atoms. The molecule has 1 unspecified atom stereocenters. The van der Waals surface area contributed by atoms with Gasteiger partial charge in [0.2, 0.25) is 0 Å². The van der Waals surface area contributed by atoms with E-state index in [0.717, 1.165) is 24.7 Å². The molecule has 2 N–H and O–H groups in total. The zero-order chi connectivity index (χ0) is 15.5. The van der Waals surface area contributed by atoms with Crippen molar-refractivity contribution in [2.24, 2.45) is 12.0 Å². The number of hydrogen-bond acceptors (Lipinski definition) is 3. The van der Waals surface area contributed by atoms with Crippen molar-refractivity contribution in [3.05, 3.63) is 17.0 Å². The minimum absolute atomic E-state index is 0.345. The zero-order valence-corrected chi connectivity index (χ0v) is 14.6. The van der Waals surface area contributed by atoms with E-state index in [0.29, 0.717) is 4.75 Å². The highest BCUT2D eigenvalue weighted by atomic mass is 32.2. The minimum atomic E-state index is 0.345. The third-order valence-corrected chi connectivity index (χ3v) is 5.78. The van der Waals surface area contributed by atoms with Crippen LogP contribution in [0.4, 0.5) is 0 Å². The van der Waals surface area contributed by atoms with E-state index < -0.39 is 0 Å². The summed E-state index contributed by atoms with van der Waals surface area (Å²) in [5.74, 6) is 2.14. The van der Waals surface area contributed by atoms with Crippen molar-refractivity contribution >= 4 is 17.7 Å². The molecule has 2 rings (SSSR count). The number of nitrogens with zero attached hydrogens (tertiary/aromatic N) is 3. The van der Waals surface area contributed by atoms with Crippen LogP contribution in [0.3, 0.4) is 0 Å². The Morgan fingerprint density at radius 3 is 2.71 bits per heavy atom. The van der Waals surface area contributed by atoms with Gasteiger partial charge in [0.25, 0.3) is 0 Å². The van der Waals surface area contributed by atoms with Crippen molar-refractivity contribution in [2.75, 3.05) is 19.3 Å². The molecular weight excluding hydrogens is 282 g/mol. The molecule has 0 aromatic carbocycles. The van der Waals surface area contributed by atoms with Crippen LogP contribution in [0, 0.1) is 13.8 Å². The van der Waals surface area contributed by atoms with Crippen molar-refractivity contribution in [1.82, 2.24) is 20.4 Å². The smallest absolute Gasteiger partial charge is 0.191 e. The quantitative estimate of drug-likeness (QED) is 0.660. The Hall–Kier alpha value is -1.17. The number of nitrogens with one attached hydrogen (secondary N) is 2. The number of guanidine groups is 1. The van der Waals surface area contributed by atoms with E-state index in [9.17, 15) is 0 Å². The van der Waals surface area contributed by atoms with E-state index in [-0.39, 0.29) is 0 Å². The second-order valence-electron chi connectivity index (χ2n) is 5.95. The molecule has 1 fully saturated rings. The van der Waals surface area contributed by atoms with E-state index in [2.05, 4.69) is 53.3 Å². The van der Waals surface area contributed by atoms with Gasteiger partial charge in [-0.3, -0.25) is 9.67 Å². The summed E-state index contributed by atoms with van der Waals surface area (Å²) in [5, 5.41) is 11.3. The van der Waals surface area contributed by atoms with E-state index in [4.69, 9.17) is 0 Å². The fraction of sp³-hybridized carbons (Fsp3) is 0.733. The van der Waals surface area contributed by atoms with Gasteiger partial charge in [0.05, 0.1) is 5.69 Å². The Labute approximate surface area is 132 Å². The fourth-order valence-electron chi connectivity index (χ4n) is 2.71. The molecule has 6 heteroatoms. The minimum Gasteiger partial charge on any atom is -0.355 e. The largest absolute Gasteiger partial charge is 0.355 e. The molecule has 0 spiro atoms. The van der Waals surface area contributed by atoms with E-state index in [1.807, 2.05) is 18.8 Å². The first-order valence-electron chi connectivity index (χ1n) is 7.53. The molecule has 5 nitrogen and oxygen atoms in total. The molecule has 2 heterocycles. The molecule has 118 valence electrons. The van der Waals surface area contributed by atoms with E-state index >= 15 is 0 Å². The highest BCUT2D eigenvalue weighted by Crippen LogP contribution is 2.36. The molecular formula is C15H27N5S. The van der Waals surface area contributed by atoms with E-state index in [1.54, 1.807) is 0 Å². The molecule has 0 amide bonds. The third kappa shape index (κ3) is 3.93. The lowest BCUT2D eigenvalue weighted by atomic mass is 10.1. The summed E-state index contributed by atoms with van der Waals surface area (Å²) in [6.07, 6.45) is 2.60. The summed E-state index contributed by atoms with van der Waals surface area (Å²) >= 11 is 2.06. The van der Waals surface area contributed by atoms with Gasteiger partial charge in [-0.05, 0) is 39.4 Å². The van der Waals surface area contributed by atoms with Crippen LogP contribution < -0.4 is 10.6 Å². The standard InChI is InChI=1S/C15H27N5S/c1-11-13(12(2)20(5)19-11)9-17-14(16-4)18-10-15(3)7-6-8-21-15/h6-10H2,1-5H3,(H2,16,17,18). The highest BCUT2D eigenvalue weighted by molar-refractivity contribution is 8.00. The third-order valence-electron chi connectivity index (χ3n) is 4.25. The molecule has 0 aliphatic carbocycles. The van der Waals surface area contributed by atoms with Gasteiger partial charge >= 0.3 is 0 Å². The number of aromatic nitrogens is 2. The van der Waals surface area contributed by atoms with Gasteiger partial charge in [-0.1, -0.05) is 0 Å². The summed E-state index contributed by atoms with van der Waals surface area (Å²) in [6, 6.07) is 0. The molecule has 1 atom stereocenters. The van der Waals surface area contributed by atoms with Gasteiger partial charge in [-0.2, -0.15) is 16.9 Å². The van der Waals surface area contributed by atoms with Gasteiger partial charge in [-0.15, -0.1) is 0 Å². The maximum atomic E-state index is 4.45. The summed E-state index contributed by atoms with van der Waals surface area (Å²) in [6.45, 7) is 8.21. The molecule has 1 saturated heterocycles. The average molecular weight is 309 g/mol. The molecule has 0 bridgehead atoms. The average Bonchev–Trinajstić information content (AvgIpc) is 2.98. The van der Waals surface area contributed by atoms with Gasteiger partial charge in [-0.25, -0.2) is 0 Å². The number of thioether (sulfide) groups is 1. The van der Waals surface area contributed by atoms with E-state index in [1.165, 1.54) is 29.9 Å². The number of rotatable bonds is 4. The van der Waals surface area contributed by atoms with Crippen LogP contribution in [-0.2, 0) is 13.6 Å². The molecule has 1 aromatic rings. The van der Waals surface area contributed by atoms with Crippen LogP contribution in [0.15, 0.2) is 4.99 Å². The predicted molar refractivity (Wildman–Crippen MR) is 91.0 cm³/mol. The number of aliphatic imine (C=N–C) groups is 1. The summed E-state index contributed by atoms with van der Waals surface area (Å²) < 4.78 is 2.27. The Morgan fingerprint density at radius 1 is 1.43 bits per heavy atom. The Morgan fingerprint density at radius 2 is 2.19 bits per heavy atom. The van der Waals surface area contributed by atoms with Crippen molar-refractivity contribution in [3.63, 3.8) is 0 Å². The fourth-order valence-corrected chi connectivity index (χ4v) is 3.96. The lowest BCUT2D eigenvalue weighted by Crippen LogP contribution is -2.43. The Balaban J connectivity index is 1.88. The number of hydrogen-bond donors (Lipinski definition) is 2. The summed E-state index contributed by atoms with van der Waals surface area (Å²) in [4.78, 5) is 4.32. The van der Waals surface area contributed by atoms with Gasteiger partial charge in [0.1, 0.15) is 0 Å². The van der Waals surface area contributed by atoms with Crippen LogP contribution in [0.1, 0.15) is 36.7 Å². The van der Waals surface area contributed by atoms with Crippen LogP contribution >= 0.6 is 11.8 Å². The maximum Gasteiger partial charge on any atom is 0.191 e. The van der Waals surface area contributed by atoms with Gasteiger partial charge in [0, 0.05) is 43.2 Å². The summed E-state index contributed by atoms with van der Waals surface area (Å²) in [7, 11) is 3.81. The van der Waals surface area contributed by atoms with Crippen molar-refractivity contribution in [2.45, 2.75) is 44.9 Å². The lowest BCUT2D eigenvalue weighted by molar-refractivity contribution is 0.584. The Bertz CT molecular complexity index is 514. The first kappa shape index (κ1) is 16.2. The maximum absolute atomic E-state index is 4.45. The van der Waals surface area contributed by atoms with Crippen LogP contribution in [-0.4, -0.2) is 39.8 Å². The van der Waals surface area contributed by atoms with Gasteiger partial charge in [0.15, 0.2) is 5.96 Å². The molecule has 1 aromatic heterocycles. The highest BCUT2D eigenvalue weighted by Gasteiger charge is 2.29. The molecule has 1 aliphatic rings. The van der Waals surface area contributed by atoms with Crippen LogP contribution in [0.25, 0.3) is 0 Å². The SMILES string of the molecule is CN=C(NCc1c(C)nn(C)c1C)NCC1(C)CCCS1. The van der Waals surface area contributed by atoms with Crippen LogP contribution in [0.5, 0.6) is 0 Å². The van der Waals surface area contributed by atoms with Crippen molar-refractivity contribution < 1.29 is 0 Å².